The van der Waals surface area contributed by atoms with Crippen LogP contribution in [-0.2, 0) is 6.42 Å². The Morgan fingerprint density at radius 1 is 1.35 bits per heavy atom. The minimum absolute atomic E-state index is 0.342. The molecule has 0 aliphatic rings. The maximum absolute atomic E-state index is 5.44. The van der Waals surface area contributed by atoms with Gasteiger partial charge in [-0.2, -0.15) is 0 Å². The summed E-state index contributed by atoms with van der Waals surface area (Å²) in [5.74, 6) is 8.00. The second kappa shape index (κ2) is 7.16. The zero-order valence-electron chi connectivity index (χ0n) is 11.8. The molecule has 0 aliphatic heterocycles. The molecule has 0 saturated carbocycles. The van der Waals surface area contributed by atoms with E-state index < -0.39 is 0 Å². The van der Waals surface area contributed by atoms with Gasteiger partial charge in [0.05, 0.1) is 5.01 Å². The smallest absolute Gasteiger partial charge is 0.145 e. The third-order valence-electron chi connectivity index (χ3n) is 2.86. The monoisotopic (exact) mass is 292 g/mol. The number of nitrogens with zero attached hydrogens (tertiary/aromatic N) is 3. The van der Waals surface area contributed by atoms with Gasteiger partial charge >= 0.3 is 0 Å². The standard InChI is InChI=1S/C13H20N6S/c1-3-4-10-17-11(7-12(18-10)19-14)16-8-9(2)13-15-5-6-20-13/h5-7,9H,3-4,8,14H2,1-2H3,(H2,16,17,18,19). The number of rotatable bonds is 7. The lowest BCUT2D eigenvalue weighted by Gasteiger charge is -2.12. The van der Waals surface area contributed by atoms with E-state index in [2.05, 4.69) is 39.5 Å². The minimum atomic E-state index is 0.342. The third kappa shape index (κ3) is 3.88. The topological polar surface area (TPSA) is 88.8 Å². The van der Waals surface area contributed by atoms with Crippen LogP contribution in [0.2, 0.25) is 0 Å². The normalized spacial score (nSPS) is 12.2. The molecule has 7 heteroatoms. The van der Waals surface area contributed by atoms with Crippen molar-refractivity contribution in [2.24, 2.45) is 5.84 Å². The van der Waals surface area contributed by atoms with E-state index in [1.165, 1.54) is 0 Å². The highest BCUT2D eigenvalue weighted by molar-refractivity contribution is 7.09. The molecule has 6 nitrogen and oxygen atoms in total. The van der Waals surface area contributed by atoms with Crippen LogP contribution in [0.3, 0.4) is 0 Å². The molecule has 0 aliphatic carbocycles. The van der Waals surface area contributed by atoms with Crippen molar-refractivity contribution in [3.8, 4) is 0 Å². The molecule has 2 aromatic rings. The van der Waals surface area contributed by atoms with Crippen molar-refractivity contribution in [2.75, 3.05) is 17.3 Å². The highest BCUT2D eigenvalue weighted by Gasteiger charge is 2.09. The Kier molecular flexibility index (Phi) is 5.25. The van der Waals surface area contributed by atoms with E-state index in [1.807, 2.05) is 17.6 Å². The number of hydrazine groups is 1. The second-order valence-electron chi connectivity index (χ2n) is 4.60. The number of aryl methyl sites for hydroxylation is 1. The maximum atomic E-state index is 5.44. The quantitative estimate of drug-likeness (QED) is 0.536. The van der Waals surface area contributed by atoms with Gasteiger partial charge in [-0.25, -0.2) is 20.8 Å². The number of anilines is 2. The molecule has 0 spiro atoms. The van der Waals surface area contributed by atoms with E-state index in [-0.39, 0.29) is 0 Å². The molecule has 0 saturated heterocycles. The third-order valence-corrected chi connectivity index (χ3v) is 3.86. The van der Waals surface area contributed by atoms with Crippen molar-refractivity contribution >= 4 is 23.0 Å². The van der Waals surface area contributed by atoms with Crippen LogP contribution in [0.4, 0.5) is 11.6 Å². The van der Waals surface area contributed by atoms with Gasteiger partial charge in [-0.1, -0.05) is 13.8 Å². The van der Waals surface area contributed by atoms with Crippen LogP contribution in [-0.4, -0.2) is 21.5 Å². The highest BCUT2D eigenvalue weighted by atomic mass is 32.1. The molecule has 0 amide bonds. The van der Waals surface area contributed by atoms with Crippen molar-refractivity contribution in [1.29, 1.82) is 0 Å². The zero-order chi connectivity index (χ0) is 14.4. The summed E-state index contributed by atoms with van der Waals surface area (Å²) in [6.45, 7) is 5.02. The largest absolute Gasteiger partial charge is 0.369 e. The first kappa shape index (κ1) is 14.7. The van der Waals surface area contributed by atoms with Crippen LogP contribution in [0.1, 0.15) is 37.0 Å². The van der Waals surface area contributed by atoms with Crippen LogP contribution >= 0.6 is 11.3 Å². The lowest BCUT2D eigenvalue weighted by molar-refractivity contribution is 0.784. The molecule has 2 aromatic heterocycles. The summed E-state index contributed by atoms with van der Waals surface area (Å²) in [5, 5.41) is 6.44. The fourth-order valence-corrected chi connectivity index (χ4v) is 2.52. The van der Waals surface area contributed by atoms with E-state index in [1.54, 1.807) is 11.3 Å². The summed E-state index contributed by atoms with van der Waals surface area (Å²) in [6.07, 6.45) is 3.67. The number of hydrogen-bond acceptors (Lipinski definition) is 7. The fraction of sp³-hybridized carbons (Fsp3) is 0.462. The first-order valence-electron chi connectivity index (χ1n) is 6.70. The molecule has 1 atom stereocenters. The molecule has 2 heterocycles. The van der Waals surface area contributed by atoms with Crippen LogP contribution in [0, 0.1) is 0 Å². The van der Waals surface area contributed by atoms with E-state index >= 15 is 0 Å². The van der Waals surface area contributed by atoms with Gasteiger partial charge in [0.1, 0.15) is 17.5 Å². The number of thiazole rings is 1. The molecule has 0 aromatic carbocycles. The molecule has 108 valence electrons. The van der Waals surface area contributed by atoms with Crippen molar-refractivity contribution < 1.29 is 0 Å². The van der Waals surface area contributed by atoms with Gasteiger partial charge < -0.3 is 10.7 Å². The SMILES string of the molecule is CCCc1nc(NN)cc(NCC(C)c2nccs2)n1. The maximum Gasteiger partial charge on any atom is 0.145 e. The summed E-state index contributed by atoms with van der Waals surface area (Å²) >= 11 is 1.67. The predicted molar refractivity (Wildman–Crippen MR) is 82.9 cm³/mol. The fourth-order valence-electron chi connectivity index (χ4n) is 1.82. The number of nitrogen functional groups attached to an aromatic ring is 1. The molecular weight excluding hydrogens is 272 g/mol. The van der Waals surface area contributed by atoms with Crippen molar-refractivity contribution in [1.82, 2.24) is 15.0 Å². The first-order valence-corrected chi connectivity index (χ1v) is 7.58. The minimum Gasteiger partial charge on any atom is -0.369 e. The number of hydrogen-bond donors (Lipinski definition) is 3. The van der Waals surface area contributed by atoms with Crippen LogP contribution in [0.15, 0.2) is 17.6 Å². The van der Waals surface area contributed by atoms with Gasteiger partial charge in [0.25, 0.3) is 0 Å². The predicted octanol–water partition coefficient (Wildman–Crippen LogP) is 2.39. The lowest BCUT2D eigenvalue weighted by atomic mass is 10.2. The molecule has 1 unspecified atom stereocenters. The van der Waals surface area contributed by atoms with Gasteiger partial charge in [0.15, 0.2) is 0 Å². The second-order valence-corrected chi connectivity index (χ2v) is 5.53. The Balaban J connectivity index is 2.02. The Bertz CT molecular complexity index is 528. The lowest BCUT2D eigenvalue weighted by Crippen LogP contribution is -2.14. The Hall–Kier alpha value is -1.73. The van der Waals surface area contributed by atoms with Crippen LogP contribution in [0.25, 0.3) is 0 Å². The molecule has 0 radical (unpaired) electrons. The molecule has 4 N–H and O–H groups in total. The van der Waals surface area contributed by atoms with E-state index in [0.29, 0.717) is 11.7 Å². The molecule has 0 fully saturated rings. The van der Waals surface area contributed by atoms with E-state index in [9.17, 15) is 0 Å². The molecule has 2 rings (SSSR count). The summed E-state index contributed by atoms with van der Waals surface area (Å²) in [5.41, 5.74) is 2.58. The Morgan fingerprint density at radius 2 is 2.15 bits per heavy atom. The number of nitrogens with two attached hydrogens (primary N) is 1. The van der Waals surface area contributed by atoms with Gasteiger partial charge in [0.2, 0.25) is 0 Å². The molecule has 20 heavy (non-hydrogen) atoms. The summed E-state index contributed by atoms with van der Waals surface area (Å²) in [6, 6.07) is 1.81. The number of nitrogens with one attached hydrogen (secondary N) is 2. The summed E-state index contributed by atoms with van der Waals surface area (Å²) < 4.78 is 0. The Morgan fingerprint density at radius 3 is 2.80 bits per heavy atom. The molecule has 0 bridgehead atoms. The highest BCUT2D eigenvalue weighted by Crippen LogP contribution is 2.19. The van der Waals surface area contributed by atoms with Crippen molar-refractivity contribution in [2.45, 2.75) is 32.6 Å². The van der Waals surface area contributed by atoms with E-state index in [0.717, 1.165) is 36.0 Å². The van der Waals surface area contributed by atoms with Gasteiger partial charge in [-0.05, 0) is 6.42 Å². The van der Waals surface area contributed by atoms with Gasteiger partial charge in [0, 0.05) is 36.5 Å². The first-order chi connectivity index (χ1) is 9.72. The van der Waals surface area contributed by atoms with Gasteiger partial charge in [-0.15, -0.1) is 11.3 Å². The molecular formula is C13H20N6S. The average molecular weight is 292 g/mol. The zero-order valence-corrected chi connectivity index (χ0v) is 12.6. The van der Waals surface area contributed by atoms with Crippen LogP contribution in [0.5, 0.6) is 0 Å². The van der Waals surface area contributed by atoms with Crippen LogP contribution < -0.4 is 16.6 Å². The van der Waals surface area contributed by atoms with Crippen molar-refractivity contribution in [3.63, 3.8) is 0 Å². The number of aromatic nitrogens is 3. The van der Waals surface area contributed by atoms with Crippen molar-refractivity contribution in [3.05, 3.63) is 28.5 Å². The Labute approximate surface area is 122 Å². The average Bonchev–Trinajstić information content (AvgIpc) is 2.99. The van der Waals surface area contributed by atoms with Gasteiger partial charge in [-0.3, -0.25) is 0 Å². The summed E-state index contributed by atoms with van der Waals surface area (Å²) in [4.78, 5) is 13.1. The summed E-state index contributed by atoms with van der Waals surface area (Å²) in [7, 11) is 0. The van der Waals surface area contributed by atoms with E-state index in [4.69, 9.17) is 5.84 Å².